The SMILES string of the molecule is COCCCCOc1ccc(C#CCN)c(C)c1. The molecule has 0 saturated carbocycles. The molecule has 0 amide bonds. The maximum Gasteiger partial charge on any atom is 0.119 e. The van der Waals surface area contributed by atoms with Crippen LogP contribution in [0.15, 0.2) is 18.2 Å². The smallest absolute Gasteiger partial charge is 0.119 e. The number of nitrogens with two attached hydrogens (primary N) is 1. The summed E-state index contributed by atoms with van der Waals surface area (Å²) in [7, 11) is 1.71. The molecule has 98 valence electrons. The highest BCUT2D eigenvalue weighted by molar-refractivity contribution is 5.44. The Balaban J connectivity index is 2.46. The molecule has 2 N–H and O–H groups in total. The number of rotatable bonds is 6. The average Bonchev–Trinajstić information content (AvgIpc) is 2.37. The highest BCUT2D eigenvalue weighted by Gasteiger charge is 1.98. The van der Waals surface area contributed by atoms with Crippen LogP contribution in [0.3, 0.4) is 0 Å². The van der Waals surface area contributed by atoms with Crippen LogP contribution in [-0.4, -0.2) is 26.9 Å². The van der Waals surface area contributed by atoms with Gasteiger partial charge in [-0.2, -0.15) is 0 Å². The van der Waals surface area contributed by atoms with E-state index in [2.05, 4.69) is 11.8 Å². The fourth-order valence-corrected chi connectivity index (χ4v) is 1.55. The molecule has 0 saturated heterocycles. The number of hydrogen-bond donors (Lipinski definition) is 1. The standard InChI is InChI=1S/C15H21NO2/c1-13-12-15(18-11-4-3-10-17-2)8-7-14(13)6-5-9-16/h7-8,12H,3-4,9-11,16H2,1-2H3. The zero-order chi connectivity index (χ0) is 13.2. The minimum atomic E-state index is 0.386. The molecule has 0 aliphatic rings. The predicted octanol–water partition coefficient (Wildman–Crippen LogP) is 2.11. The molecular weight excluding hydrogens is 226 g/mol. The van der Waals surface area contributed by atoms with Crippen molar-refractivity contribution >= 4 is 0 Å². The monoisotopic (exact) mass is 247 g/mol. The van der Waals surface area contributed by atoms with Gasteiger partial charge in [0.15, 0.2) is 0 Å². The second-order valence-electron chi connectivity index (χ2n) is 4.03. The maximum atomic E-state index is 5.66. The minimum Gasteiger partial charge on any atom is -0.494 e. The largest absolute Gasteiger partial charge is 0.494 e. The molecule has 0 radical (unpaired) electrons. The van der Waals surface area contributed by atoms with E-state index in [0.717, 1.165) is 42.9 Å². The fraction of sp³-hybridized carbons (Fsp3) is 0.467. The Bertz CT molecular complexity index is 418. The Kier molecular flexibility index (Phi) is 6.93. The minimum absolute atomic E-state index is 0.386. The zero-order valence-corrected chi connectivity index (χ0v) is 11.2. The van der Waals surface area contributed by atoms with Gasteiger partial charge in [-0.1, -0.05) is 11.8 Å². The van der Waals surface area contributed by atoms with Crippen LogP contribution >= 0.6 is 0 Å². The Hall–Kier alpha value is -1.50. The van der Waals surface area contributed by atoms with Crippen LogP contribution in [-0.2, 0) is 4.74 Å². The fourth-order valence-electron chi connectivity index (χ4n) is 1.55. The summed E-state index contributed by atoms with van der Waals surface area (Å²) in [5.74, 6) is 6.78. The third-order valence-electron chi connectivity index (χ3n) is 2.53. The van der Waals surface area contributed by atoms with E-state index in [9.17, 15) is 0 Å². The van der Waals surface area contributed by atoms with Gasteiger partial charge in [-0.15, -0.1) is 0 Å². The Morgan fingerprint density at radius 1 is 1.22 bits per heavy atom. The van der Waals surface area contributed by atoms with Crippen molar-refractivity contribution in [1.29, 1.82) is 0 Å². The van der Waals surface area contributed by atoms with E-state index >= 15 is 0 Å². The summed E-state index contributed by atoms with van der Waals surface area (Å²) in [6, 6.07) is 5.93. The maximum absolute atomic E-state index is 5.66. The molecule has 0 aromatic heterocycles. The summed E-state index contributed by atoms with van der Waals surface area (Å²) < 4.78 is 10.6. The van der Waals surface area contributed by atoms with Gasteiger partial charge in [-0.05, 0) is 43.5 Å². The van der Waals surface area contributed by atoms with E-state index in [4.69, 9.17) is 15.2 Å². The lowest BCUT2D eigenvalue weighted by Gasteiger charge is -2.07. The average molecular weight is 247 g/mol. The number of unbranched alkanes of at least 4 members (excludes halogenated alkanes) is 1. The van der Waals surface area contributed by atoms with Crippen molar-refractivity contribution in [3.05, 3.63) is 29.3 Å². The van der Waals surface area contributed by atoms with Crippen LogP contribution in [0, 0.1) is 18.8 Å². The molecule has 0 aliphatic carbocycles. The Morgan fingerprint density at radius 2 is 2.00 bits per heavy atom. The summed E-state index contributed by atoms with van der Waals surface area (Å²) in [6.45, 7) is 3.92. The normalized spacial score (nSPS) is 9.72. The van der Waals surface area contributed by atoms with Crippen LogP contribution < -0.4 is 10.5 Å². The summed E-state index contributed by atoms with van der Waals surface area (Å²) in [5.41, 5.74) is 7.48. The van der Waals surface area contributed by atoms with Gasteiger partial charge in [0.2, 0.25) is 0 Å². The molecule has 1 rings (SSSR count). The van der Waals surface area contributed by atoms with Crippen molar-refractivity contribution in [1.82, 2.24) is 0 Å². The number of benzene rings is 1. The molecular formula is C15H21NO2. The molecule has 0 bridgehead atoms. The topological polar surface area (TPSA) is 44.5 Å². The zero-order valence-electron chi connectivity index (χ0n) is 11.2. The van der Waals surface area contributed by atoms with Gasteiger partial charge in [0.05, 0.1) is 13.2 Å². The van der Waals surface area contributed by atoms with Gasteiger partial charge in [0, 0.05) is 19.3 Å². The van der Waals surface area contributed by atoms with Gasteiger partial charge in [-0.25, -0.2) is 0 Å². The molecule has 3 heteroatoms. The third kappa shape index (κ3) is 5.22. The predicted molar refractivity (Wildman–Crippen MR) is 73.7 cm³/mol. The van der Waals surface area contributed by atoms with Crippen LogP contribution in [0.25, 0.3) is 0 Å². The third-order valence-corrected chi connectivity index (χ3v) is 2.53. The lowest BCUT2D eigenvalue weighted by atomic mass is 10.1. The first-order valence-electron chi connectivity index (χ1n) is 6.19. The number of hydrogen-bond acceptors (Lipinski definition) is 3. The van der Waals surface area contributed by atoms with Crippen molar-refractivity contribution in [3.63, 3.8) is 0 Å². The molecule has 0 fully saturated rings. The number of ether oxygens (including phenoxy) is 2. The second kappa shape index (κ2) is 8.57. The van der Waals surface area contributed by atoms with E-state index in [-0.39, 0.29) is 0 Å². The molecule has 3 nitrogen and oxygen atoms in total. The molecule has 0 unspecified atom stereocenters. The number of methoxy groups -OCH3 is 1. The van der Waals surface area contributed by atoms with Crippen LogP contribution in [0.2, 0.25) is 0 Å². The summed E-state index contributed by atoms with van der Waals surface area (Å²) in [6.07, 6.45) is 2.02. The van der Waals surface area contributed by atoms with E-state index in [1.807, 2.05) is 25.1 Å². The van der Waals surface area contributed by atoms with Gasteiger partial charge in [0.25, 0.3) is 0 Å². The van der Waals surface area contributed by atoms with Crippen LogP contribution in [0.5, 0.6) is 5.75 Å². The first kappa shape index (κ1) is 14.6. The Morgan fingerprint density at radius 3 is 2.67 bits per heavy atom. The van der Waals surface area contributed by atoms with Crippen LogP contribution in [0.4, 0.5) is 0 Å². The van der Waals surface area contributed by atoms with E-state index < -0.39 is 0 Å². The van der Waals surface area contributed by atoms with E-state index in [1.165, 1.54) is 0 Å². The lowest BCUT2D eigenvalue weighted by Crippen LogP contribution is -2.00. The molecule has 0 atom stereocenters. The van der Waals surface area contributed by atoms with Crippen molar-refractivity contribution in [3.8, 4) is 17.6 Å². The van der Waals surface area contributed by atoms with Gasteiger partial charge in [-0.3, -0.25) is 0 Å². The molecule has 1 aromatic carbocycles. The second-order valence-corrected chi connectivity index (χ2v) is 4.03. The van der Waals surface area contributed by atoms with E-state index in [0.29, 0.717) is 6.54 Å². The van der Waals surface area contributed by atoms with Crippen molar-refractivity contribution in [2.24, 2.45) is 5.73 Å². The first-order chi connectivity index (χ1) is 8.77. The highest BCUT2D eigenvalue weighted by Crippen LogP contribution is 2.16. The lowest BCUT2D eigenvalue weighted by molar-refractivity contribution is 0.184. The van der Waals surface area contributed by atoms with Gasteiger partial charge < -0.3 is 15.2 Å². The first-order valence-corrected chi connectivity index (χ1v) is 6.19. The molecule has 0 spiro atoms. The molecule has 1 aromatic rings. The quantitative estimate of drug-likeness (QED) is 0.618. The van der Waals surface area contributed by atoms with Gasteiger partial charge in [0.1, 0.15) is 5.75 Å². The summed E-state index contributed by atoms with van der Waals surface area (Å²) in [4.78, 5) is 0. The molecule has 0 heterocycles. The number of aryl methyl sites for hydroxylation is 1. The molecule has 0 aliphatic heterocycles. The van der Waals surface area contributed by atoms with E-state index in [1.54, 1.807) is 7.11 Å². The summed E-state index contributed by atoms with van der Waals surface area (Å²) in [5, 5.41) is 0. The van der Waals surface area contributed by atoms with Crippen molar-refractivity contribution in [2.45, 2.75) is 19.8 Å². The Labute approximate surface area is 109 Å². The van der Waals surface area contributed by atoms with Crippen LogP contribution in [0.1, 0.15) is 24.0 Å². The summed E-state index contributed by atoms with van der Waals surface area (Å²) >= 11 is 0. The van der Waals surface area contributed by atoms with Gasteiger partial charge >= 0.3 is 0 Å². The van der Waals surface area contributed by atoms with Crippen molar-refractivity contribution < 1.29 is 9.47 Å². The molecule has 18 heavy (non-hydrogen) atoms. The van der Waals surface area contributed by atoms with Crippen molar-refractivity contribution in [2.75, 3.05) is 26.9 Å². The highest BCUT2D eigenvalue weighted by atomic mass is 16.5.